The molecule has 13 heavy (non-hydrogen) atoms. The lowest BCUT2D eigenvalue weighted by Crippen LogP contribution is -2.29. The molecule has 3 heteroatoms. The van der Waals surface area contributed by atoms with Gasteiger partial charge in [0.1, 0.15) is 5.78 Å². The lowest BCUT2D eigenvalue weighted by Gasteiger charge is -2.24. The van der Waals surface area contributed by atoms with Crippen LogP contribution in [0, 0.1) is 11.3 Å². The van der Waals surface area contributed by atoms with Gasteiger partial charge in [-0.25, -0.2) is 0 Å². The van der Waals surface area contributed by atoms with E-state index in [2.05, 4.69) is 0 Å². The van der Waals surface area contributed by atoms with Crippen LogP contribution >= 0.6 is 0 Å². The van der Waals surface area contributed by atoms with Gasteiger partial charge in [-0.3, -0.25) is 9.59 Å². The molecule has 1 saturated carbocycles. The lowest BCUT2D eigenvalue weighted by atomic mass is 9.79. The minimum atomic E-state index is -0.799. The molecule has 74 valence electrons. The monoisotopic (exact) mass is 184 g/mol. The van der Waals surface area contributed by atoms with E-state index in [1.165, 1.54) is 0 Å². The molecule has 0 heterocycles. The highest BCUT2D eigenvalue weighted by molar-refractivity contribution is 5.89. The van der Waals surface area contributed by atoms with E-state index < -0.39 is 11.4 Å². The van der Waals surface area contributed by atoms with Gasteiger partial charge in [0.2, 0.25) is 0 Å². The zero-order valence-electron chi connectivity index (χ0n) is 8.17. The number of carbonyl (C=O) groups is 2. The Labute approximate surface area is 78.1 Å². The summed E-state index contributed by atoms with van der Waals surface area (Å²) in [5, 5.41) is 9.08. The SMILES string of the molecule is CC(C)C[C@]1(C(=O)O)CCC(=O)C1. The van der Waals surface area contributed by atoms with Gasteiger partial charge >= 0.3 is 5.97 Å². The molecule has 0 saturated heterocycles. The summed E-state index contributed by atoms with van der Waals surface area (Å²) in [5.41, 5.74) is -0.745. The third kappa shape index (κ3) is 2.08. The zero-order chi connectivity index (χ0) is 10.1. The fourth-order valence-corrected chi connectivity index (χ4v) is 2.16. The molecule has 0 bridgehead atoms. The molecule has 1 atom stereocenters. The quantitative estimate of drug-likeness (QED) is 0.728. The number of ketones is 1. The fraction of sp³-hybridized carbons (Fsp3) is 0.800. The molecule has 0 amide bonds. The normalized spacial score (nSPS) is 28.4. The molecule has 0 aromatic rings. The molecule has 0 aliphatic heterocycles. The van der Waals surface area contributed by atoms with Crippen LogP contribution < -0.4 is 0 Å². The molecule has 1 fully saturated rings. The summed E-state index contributed by atoms with van der Waals surface area (Å²) >= 11 is 0. The first-order valence-electron chi connectivity index (χ1n) is 4.71. The van der Waals surface area contributed by atoms with Crippen LogP contribution in [0.2, 0.25) is 0 Å². The minimum absolute atomic E-state index is 0.100. The summed E-state index contributed by atoms with van der Waals surface area (Å²) in [6.07, 6.45) is 1.83. The molecule has 0 aromatic heterocycles. The van der Waals surface area contributed by atoms with Gasteiger partial charge in [-0.05, 0) is 18.8 Å². The summed E-state index contributed by atoms with van der Waals surface area (Å²) in [6.45, 7) is 3.99. The molecule has 0 aromatic carbocycles. The Kier molecular flexibility index (Phi) is 2.74. The van der Waals surface area contributed by atoms with E-state index >= 15 is 0 Å². The van der Waals surface area contributed by atoms with Crippen LogP contribution in [0.4, 0.5) is 0 Å². The molecular weight excluding hydrogens is 168 g/mol. The van der Waals surface area contributed by atoms with Crippen molar-refractivity contribution in [1.82, 2.24) is 0 Å². The van der Waals surface area contributed by atoms with Crippen LogP contribution in [0.15, 0.2) is 0 Å². The van der Waals surface area contributed by atoms with Crippen LogP contribution in [-0.4, -0.2) is 16.9 Å². The van der Waals surface area contributed by atoms with E-state index in [0.29, 0.717) is 25.2 Å². The van der Waals surface area contributed by atoms with Gasteiger partial charge in [-0.1, -0.05) is 13.8 Å². The summed E-state index contributed by atoms with van der Waals surface area (Å²) in [7, 11) is 0. The van der Waals surface area contributed by atoms with E-state index in [4.69, 9.17) is 5.11 Å². The van der Waals surface area contributed by atoms with Crippen molar-refractivity contribution in [2.24, 2.45) is 11.3 Å². The maximum absolute atomic E-state index is 11.1. The van der Waals surface area contributed by atoms with Crippen molar-refractivity contribution in [2.45, 2.75) is 39.5 Å². The number of carboxylic acids is 1. The van der Waals surface area contributed by atoms with Crippen molar-refractivity contribution in [3.63, 3.8) is 0 Å². The predicted molar refractivity (Wildman–Crippen MR) is 48.4 cm³/mol. The highest BCUT2D eigenvalue weighted by atomic mass is 16.4. The Morgan fingerprint density at radius 1 is 1.62 bits per heavy atom. The van der Waals surface area contributed by atoms with Crippen molar-refractivity contribution in [1.29, 1.82) is 0 Å². The molecule has 1 rings (SSSR count). The second-order valence-corrected chi connectivity index (χ2v) is 4.40. The van der Waals surface area contributed by atoms with E-state index in [0.717, 1.165) is 0 Å². The average Bonchev–Trinajstić information content (AvgIpc) is 2.31. The molecular formula is C10H16O3. The van der Waals surface area contributed by atoms with E-state index in [-0.39, 0.29) is 12.2 Å². The first kappa shape index (κ1) is 10.2. The third-order valence-electron chi connectivity index (χ3n) is 2.67. The van der Waals surface area contributed by atoms with Crippen LogP contribution in [0.1, 0.15) is 39.5 Å². The molecule has 0 radical (unpaired) electrons. The molecule has 0 spiro atoms. The van der Waals surface area contributed by atoms with E-state index in [9.17, 15) is 9.59 Å². The van der Waals surface area contributed by atoms with E-state index in [1.807, 2.05) is 13.8 Å². The molecule has 3 nitrogen and oxygen atoms in total. The third-order valence-corrected chi connectivity index (χ3v) is 2.67. The molecule has 1 aliphatic rings. The maximum Gasteiger partial charge on any atom is 0.310 e. The number of carboxylic acid groups (broad SMARTS) is 1. The second-order valence-electron chi connectivity index (χ2n) is 4.40. The van der Waals surface area contributed by atoms with Crippen LogP contribution in [0.3, 0.4) is 0 Å². The van der Waals surface area contributed by atoms with Crippen LogP contribution in [-0.2, 0) is 9.59 Å². The van der Waals surface area contributed by atoms with Gasteiger partial charge in [0.15, 0.2) is 0 Å². The summed E-state index contributed by atoms with van der Waals surface area (Å²) in [4.78, 5) is 22.1. The number of rotatable bonds is 3. The predicted octanol–water partition coefficient (Wildman–Crippen LogP) is 1.86. The zero-order valence-corrected chi connectivity index (χ0v) is 8.17. The van der Waals surface area contributed by atoms with Gasteiger partial charge < -0.3 is 5.11 Å². The van der Waals surface area contributed by atoms with Crippen molar-refractivity contribution in [3.8, 4) is 0 Å². The largest absolute Gasteiger partial charge is 0.481 e. The maximum atomic E-state index is 11.1. The highest BCUT2D eigenvalue weighted by Gasteiger charge is 2.45. The van der Waals surface area contributed by atoms with Gasteiger partial charge in [0, 0.05) is 12.8 Å². The smallest absolute Gasteiger partial charge is 0.310 e. The summed E-state index contributed by atoms with van der Waals surface area (Å²) in [6, 6.07) is 0. The topological polar surface area (TPSA) is 54.4 Å². The molecule has 1 N–H and O–H groups in total. The molecule has 1 aliphatic carbocycles. The number of Topliss-reactive ketones (excluding diaryl/α,β-unsaturated/α-hetero) is 1. The van der Waals surface area contributed by atoms with Gasteiger partial charge in [-0.15, -0.1) is 0 Å². The minimum Gasteiger partial charge on any atom is -0.481 e. The van der Waals surface area contributed by atoms with Crippen molar-refractivity contribution in [2.75, 3.05) is 0 Å². The first-order valence-corrected chi connectivity index (χ1v) is 4.71. The number of carbonyl (C=O) groups excluding carboxylic acids is 1. The fourth-order valence-electron chi connectivity index (χ4n) is 2.16. The van der Waals surface area contributed by atoms with Gasteiger partial charge in [0.25, 0.3) is 0 Å². The standard InChI is InChI=1S/C10H16O3/c1-7(2)5-10(9(12)13)4-3-8(11)6-10/h7H,3-6H2,1-2H3,(H,12,13)/t10-/m1/s1. The van der Waals surface area contributed by atoms with Crippen molar-refractivity contribution >= 4 is 11.8 Å². The Morgan fingerprint density at radius 3 is 2.54 bits per heavy atom. The van der Waals surface area contributed by atoms with Gasteiger partial charge in [-0.2, -0.15) is 0 Å². The second kappa shape index (κ2) is 3.48. The van der Waals surface area contributed by atoms with Crippen LogP contribution in [0.5, 0.6) is 0 Å². The Hall–Kier alpha value is -0.860. The summed E-state index contributed by atoms with van der Waals surface area (Å²) in [5.74, 6) is -0.364. The number of hydrogen-bond acceptors (Lipinski definition) is 2. The number of hydrogen-bond donors (Lipinski definition) is 1. The van der Waals surface area contributed by atoms with E-state index in [1.54, 1.807) is 0 Å². The van der Waals surface area contributed by atoms with Gasteiger partial charge in [0.05, 0.1) is 5.41 Å². The Bertz CT molecular complexity index is 232. The lowest BCUT2D eigenvalue weighted by molar-refractivity contribution is -0.150. The highest BCUT2D eigenvalue weighted by Crippen LogP contribution is 2.41. The average molecular weight is 184 g/mol. The Balaban J connectivity index is 2.77. The number of aliphatic carboxylic acids is 1. The Morgan fingerprint density at radius 2 is 2.23 bits per heavy atom. The van der Waals surface area contributed by atoms with Crippen LogP contribution in [0.25, 0.3) is 0 Å². The summed E-state index contributed by atoms with van der Waals surface area (Å²) < 4.78 is 0. The molecule has 0 unspecified atom stereocenters. The van der Waals surface area contributed by atoms with Crippen molar-refractivity contribution < 1.29 is 14.7 Å². The van der Waals surface area contributed by atoms with Crippen molar-refractivity contribution in [3.05, 3.63) is 0 Å². The first-order chi connectivity index (χ1) is 5.96.